The van der Waals surface area contributed by atoms with E-state index in [2.05, 4.69) is 33.0 Å². The number of hydrogen-bond donors (Lipinski definition) is 2. The van der Waals surface area contributed by atoms with Crippen molar-refractivity contribution < 1.29 is 0 Å². The Kier molecular flexibility index (Phi) is 3.99. The lowest BCUT2D eigenvalue weighted by Crippen LogP contribution is -2.17. The summed E-state index contributed by atoms with van der Waals surface area (Å²) >= 11 is 3.46. The standard InChI is InChI=1S/C14H16BrN3/c1-9-5-6-18-14(17)13(9)12(16)8-10-3-2-4-11(15)7-10/h2-7,12H,8,16H2,1H3,(H2,17,18). The predicted octanol–water partition coefficient (Wildman–Crippen LogP) is 2.98. The SMILES string of the molecule is Cc1ccnc(N)c1C(N)Cc1cccc(Br)c1. The van der Waals surface area contributed by atoms with Crippen molar-refractivity contribution in [3.05, 3.63) is 57.7 Å². The molecule has 0 saturated heterocycles. The Hall–Kier alpha value is -1.39. The van der Waals surface area contributed by atoms with E-state index in [4.69, 9.17) is 11.5 Å². The molecule has 2 rings (SSSR count). The number of nitrogens with zero attached hydrogens (tertiary/aromatic N) is 1. The first-order valence-electron chi connectivity index (χ1n) is 5.79. The van der Waals surface area contributed by atoms with Crippen LogP contribution in [0.25, 0.3) is 0 Å². The van der Waals surface area contributed by atoms with Crippen molar-refractivity contribution in [2.45, 2.75) is 19.4 Å². The highest BCUT2D eigenvalue weighted by Gasteiger charge is 2.13. The second-order valence-corrected chi connectivity index (χ2v) is 5.28. The topological polar surface area (TPSA) is 64.9 Å². The van der Waals surface area contributed by atoms with Gasteiger partial charge in [-0.15, -0.1) is 0 Å². The van der Waals surface area contributed by atoms with Crippen molar-refractivity contribution in [2.24, 2.45) is 5.73 Å². The van der Waals surface area contributed by atoms with Crippen LogP contribution in [0.3, 0.4) is 0 Å². The lowest BCUT2D eigenvalue weighted by molar-refractivity contribution is 0.715. The van der Waals surface area contributed by atoms with Gasteiger partial charge in [0.25, 0.3) is 0 Å². The third-order valence-electron chi connectivity index (χ3n) is 2.95. The molecule has 0 amide bonds. The molecule has 4 heteroatoms. The molecule has 0 saturated carbocycles. The van der Waals surface area contributed by atoms with Crippen molar-refractivity contribution in [3.63, 3.8) is 0 Å². The number of nitrogen functional groups attached to an aromatic ring is 1. The monoisotopic (exact) mass is 305 g/mol. The number of aromatic nitrogens is 1. The normalized spacial score (nSPS) is 12.4. The fraction of sp³-hybridized carbons (Fsp3) is 0.214. The second kappa shape index (κ2) is 5.50. The quantitative estimate of drug-likeness (QED) is 0.916. The van der Waals surface area contributed by atoms with Gasteiger partial charge in [0.2, 0.25) is 0 Å². The molecular formula is C14H16BrN3. The molecule has 0 aliphatic heterocycles. The molecule has 3 nitrogen and oxygen atoms in total. The summed E-state index contributed by atoms with van der Waals surface area (Å²) in [7, 11) is 0. The van der Waals surface area contributed by atoms with E-state index < -0.39 is 0 Å². The van der Waals surface area contributed by atoms with Crippen LogP contribution in [0.1, 0.15) is 22.7 Å². The number of rotatable bonds is 3. The van der Waals surface area contributed by atoms with Gasteiger partial charge in [0.05, 0.1) is 0 Å². The maximum absolute atomic E-state index is 6.24. The third-order valence-corrected chi connectivity index (χ3v) is 3.45. The molecule has 1 atom stereocenters. The first-order valence-corrected chi connectivity index (χ1v) is 6.58. The molecule has 94 valence electrons. The van der Waals surface area contributed by atoms with Crippen molar-refractivity contribution in [2.75, 3.05) is 5.73 Å². The van der Waals surface area contributed by atoms with Crippen molar-refractivity contribution in [3.8, 4) is 0 Å². The summed E-state index contributed by atoms with van der Waals surface area (Å²) in [5.41, 5.74) is 15.4. The van der Waals surface area contributed by atoms with Crippen LogP contribution >= 0.6 is 15.9 Å². The summed E-state index contributed by atoms with van der Waals surface area (Å²) in [4.78, 5) is 4.11. The molecule has 0 spiro atoms. The van der Waals surface area contributed by atoms with Crippen LogP contribution in [0.4, 0.5) is 5.82 Å². The molecule has 0 radical (unpaired) electrons. The number of hydrogen-bond acceptors (Lipinski definition) is 3. The summed E-state index contributed by atoms with van der Waals surface area (Å²) in [6.45, 7) is 2.01. The van der Waals surface area contributed by atoms with E-state index in [-0.39, 0.29) is 6.04 Å². The van der Waals surface area contributed by atoms with Crippen LogP contribution < -0.4 is 11.5 Å². The number of aryl methyl sites for hydroxylation is 1. The van der Waals surface area contributed by atoms with Gasteiger partial charge < -0.3 is 11.5 Å². The van der Waals surface area contributed by atoms with Crippen LogP contribution in [-0.2, 0) is 6.42 Å². The Morgan fingerprint density at radius 2 is 2.11 bits per heavy atom. The average molecular weight is 306 g/mol. The van der Waals surface area contributed by atoms with Crippen LogP contribution in [0.2, 0.25) is 0 Å². The van der Waals surface area contributed by atoms with E-state index >= 15 is 0 Å². The Morgan fingerprint density at radius 3 is 2.78 bits per heavy atom. The highest BCUT2D eigenvalue weighted by Crippen LogP contribution is 2.24. The van der Waals surface area contributed by atoms with Gasteiger partial charge in [-0.2, -0.15) is 0 Å². The molecular weight excluding hydrogens is 290 g/mol. The Labute approximate surface area is 115 Å². The molecule has 1 aromatic heterocycles. The van der Waals surface area contributed by atoms with Gasteiger partial charge in [-0.05, 0) is 42.7 Å². The summed E-state index contributed by atoms with van der Waals surface area (Å²) in [6.07, 6.45) is 2.45. The van der Waals surface area contributed by atoms with Crippen LogP contribution in [-0.4, -0.2) is 4.98 Å². The van der Waals surface area contributed by atoms with Gasteiger partial charge in [0.15, 0.2) is 0 Å². The van der Waals surface area contributed by atoms with Crippen LogP contribution in [0.5, 0.6) is 0 Å². The lowest BCUT2D eigenvalue weighted by Gasteiger charge is -2.16. The van der Waals surface area contributed by atoms with Crippen molar-refractivity contribution >= 4 is 21.7 Å². The molecule has 1 heterocycles. The fourth-order valence-electron chi connectivity index (χ4n) is 2.09. The highest BCUT2D eigenvalue weighted by atomic mass is 79.9. The third kappa shape index (κ3) is 2.89. The first-order chi connectivity index (χ1) is 8.58. The zero-order chi connectivity index (χ0) is 13.1. The number of nitrogens with two attached hydrogens (primary N) is 2. The minimum atomic E-state index is -0.131. The van der Waals surface area contributed by atoms with Crippen molar-refractivity contribution in [1.29, 1.82) is 0 Å². The molecule has 0 fully saturated rings. The predicted molar refractivity (Wildman–Crippen MR) is 78.2 cm³/mol. The van der Waals surface area contributed by atoms with E-state index in [1.807, 2.05) is 25.1 Å². The maximum Gasteiger partial charge on any atom is 0.128 e. The molecule has 4 N–H and O–H groups in total. The summed E-state index contributed by atoms with van der Waals surface area (Å²) in [5.74, 6) is 0.525. The molecule has 0 bridgehead atoms. The van der Waals surface area contributed by atoms with Crippen LogP contribution in [0.15, 0.2) is 41.0 Å². The molecule has 0 aliphatic carbocycles. The Morgan fingerprint density at radius 1 is 1.33 bits per heavy atom. The first kappa shape index (κ1) is 13.1. The number of halogens is 1. The Bertz CT molecular complexity index is 534. The zero-order valence-corrected chi connectivity index (χ0v) is 11.8. The van der Waals surface area contributed by atoms with Gasteiger partial charge in [-0.1, -0.05) is 28.1 Å². The van der Waals surface area contributed by atoms with Crippen LogP contribution in [0, 0.1) is 6.92 Å². The van der Waals surface area contributed by atoms with Crippen molar-refractivity contribution in [1.82, 2.24) is 4.98 Å². The number of benzene rings is 1. The van der Waals surface area contributed by atoms with Gasteiger partial charge in [-0.3, -0.25) is 0 Å². The number of anilines is 1. The minimum absolute atomic E-state index is 0.131. The van der Waals surface area contributed by atoms with Gasteiger partial charge in [-0.25, -0.2) is 4.98 Å². The van der Waals surface area contributed by atoms with Gasteiger partial charge in [0.1, 0.15) is 5.82 Å². The van der Waals surface area contributed by atoms with Gasteiger partial charge >= 0.3 is 0 Å². The molecule has 2 aromatic rings. The highest BCUT2D eigenvalue weighted by molar-refractivity contribution is 9.10. The lowest BCUT2D eigenvalue weighted by atomic mass is 9.97. The smallest absolute Gasteiger partial charge is 0.128 e. The second-order valence-electron chi connectivity index (χ2n) is 4.37. The molecule has 18 heavy (non-hydrogen) atoms. The average Bonchev–Trinajstić information content (AvgIpc) is 2.28. The van der Waals surface area contributed by atoms with E-state index in [9.17, 15) is 0 Å². The zero-order valence-electron chi connectivity index (χ0n) is 10.2. The van der Waals surface area contributed by atoms with E-state index in [0.29, 0.717) is 5.82 Å². The fourth-order valence-corrected chi connectivity index (χ4v) is 2.54. The molecule has 0 aliphatic rings. The maximum atomic E-state index is 6.24. The summed E-state index contributed by atoms with van der Waals surface area (Å²) in [5, 5.41) is 0. The number of pyridine rings is 1. The minimum Gasteiger partial charge on any atom is -0.383 e. The van der Waals surface area contributed by atoms with E-state index in [1.54, 1.807) is 6.20 Å². The van der Waals surface area contributed by atoms with E-state index in [0.717, 1.165) is 22.0 Å². The van der Waals surface area contributed by atoms with Gasteiger partial charge in [0, 0.05) is 22.3 Å². The molecule has 1 aromatic carbocycles. The van der Waals surface area contributed by atoms with E-state index in [1.165, 1.54) is 5.56 Å². The largest absolute Gasteiger partial charge is 0.383 e. The molecule has 1 unspecified atom stereocenters. The Balaban J connectivity index is 2.25. The summed E-state index contributed by atoms with van der Waals surface area (Å²) < 4.78 is 1.06. The summed E-state index contributed by atoms with van der Waals surface area (Å²) in [6, 6.07) is 9.94.